The van der Waals surface area contributed by atoms with E-state index in [0.29, 0.717) is 22.6 Å². The number of amides is 1. The molecule has 2 saturated heterocycles. The van der Waals surface area contributed by atoms with Crippen LogP contribution < -0.4 is 4.90 Å². The van der Waals surface area contributed by atoms with E-state index in [9.17, 15) is 4.79 Å². The van der Waals surface area contributed by atoms with Crippen LogP contribution in [0.15, 0.2) is 6.20 Å². The highest BCUT2D eigenvalue weighted by Gasteiger charge is 2.25. The van der Waals surface area contributed by atoms with Gasteiger partial charge in [-0.05, 0) is 38.0 Å². The van der Waals surface area contributed by atoms with Crippen LogP contribution in [-0.4, -0.2) is 47.0 Å². The van der Waals surface area contributed by atoms with Crippen LogP contribution in [-0.2, 0) is 0 Å². The Bertz CT molecular complexity index is 545. The molecule has 3 rings (SSSR count). The summed E-state index contributed by atoms with van der Waals surface area (Å²) in [5, 5.41) is 0.352. The molecule has 2 fully saturated rings. The van der Waals surface area contributed by atoms with E-state index < -0.39 is 0 Å². The summed E-state index contributed by atoms with van der Waals surface area (Å²) in [7, 11) is 0. The molecule has 0 aliphatic carbocycles. The molecule has 2 aliphatic rings. The fourth-order valence-electron chi connectivity index (χ4n) is 3.19. The molecule has 1 aromatic rings. The molecule has 2 aliphatic heterocycles. The molecular formula is C16H23ClN4O. The van der Waals surface area contributed by atoms with Gasteiger partial charge in [-0.2, -0.15) is 0 Å². The van der Waals surface area contributed by atoms with Crippen molar-refractivity contribution < 1.29 is 4.79 Å². The van der Waals surface area contributed by atoms with E-state index >= 15 is 0 Å². The molecule has 1 amide bonds. The monoisotopic (exact) mass is 322 g/mol. The SMILES string of the molecule is C[C@H]1CCCN(C(=O)c2nc(N3CCCC3)ncc2Cl)CC1. The fraction of sp³-hybridized carbons (Fsp3) is 0.688. The van der Waals surface area contributed by atoms with Crippen molar-refractivity contribution >= 4 is 23.5 Å². The molecule has 0 bridgehead atoms. The first-order chi connectivity index (χ1) is 10.6. The third-order valence-corrected chi connectivity index (χ3v) is 4.90. The number of hydrogen-bond acceptors (Lipinski definition) is 4. The highest BCUT2D eigenvalue weighted by atomic mass is 35.5. The van der Waals surface area contributed by atoms with Crippen molar-refractivity contribution in [3.8, 4) is 0 Å². The van der Waals surface area contributed by atoms with Crippen LogP contribution in [0.25, 0.3) is 0 Å². The molecule has 0 saturated carbocycles. The van der Waals surface area contributed by atoms with E-state index in [0.717, 1.165) is 51.9 Å². The minimum absolute atomic E-state index is 0.0538. The zero-order valence-electron chi connectivity index (χ0n) is 13.1. The number of hydrogen-bond donors (Lipinski definition) is 0. The van der Waals surface area contributed by atoms with Crippen molar-refractivity contribution in [3.63, 3.8) is 0 Å². The molecular weight excluding hydrogens is 300 g/mol. The molecule has 0 radical (unpaired) electrons. The first kappa shape index (κ1) is 15.5. The number of anilines is 1. The molecule has 0 aromatic carbocycles. The van der Waals surface area contributed by atoms with E-state index in [2.05, 4.69) is 21.8 Å². The van der Waals surface area contributed by atoms with Crippen molar-refractivity contribution in [1.82, 2.24) is 14.9 Å². The van der Waals surface area contributed by atoms with E-state index in [4.69, 9.17) is 11.6 Å². The van der Waals surface area contributed by atoms with E-state index in [1.165, 1.54) is 6.42 Å². The molecule has 5 nitrogen and oxygen atoms in total. The third kappa shape index (κ3) is 3.35. The van der Waals surface area contributed by atoms with Crippen molar-refractivity contribution in [3.05, 3.63) is 16.9 Å². The average molecular weight is 323 g/mol. The Morgan fingerprint density at radius 2 is 1.95 bits per heavy atom. The van der Waals surface area contributed by atoms with Gasteiger partial charge in [0, 0.05) is 26.2 Å². The van der Waals surface area contributed by atoms with Crippen LogP contribution in [0, 0.1) is 5.92 Å². The average Bonchev–Trinajstić information content (AvgIpc) is 2.96. The van der Waals surface area contributed by atoms with Crippen LogP contribution in [0.2, 0.25) is 5.02 Å². The Morgan fingerprint density at radius 3 is 2.73 bits per heavy atom. The molecule has 22 heavy (non-hydrogen) atoms. The minimum atomic E-state index is -0.0538. The molecule has 0 N–H and O–H groups in total. The number of nitrogens with zero attached hydrogens (tertiary/aromatic N) is 4. The Hall–Kier alpha value is -1.36. The summed E-state index contributed by atoms with van der Waals surface area (Å²) in [6.07, 6.45) is 7.15. The van der Waals surface area contributed by atoms with Gasteiger partial charge in [0.25, 0.3) is 5.91 Å². The van der Waals surface area contributed by atoms with Crippen LogP contribution in [0.3, 0.4) is 0 Å². The van der Waals surface area contributed by atoms with Crippen LogP contribution in [0.4, 0.5) is 5.95 Å². The Labute approximate surface area is 136 Å². The van der Waals surface area contributed by atoms with Gasteiger partial charge in [-0.25, -0.2) is 9.97 Å². The molecule has 1 atom stereocenters. The van der Waals surface area contributed by atoms with E-state index in [1.807, 2.05) is 4.90 Å². The number of likely N-dealkylation sites (tertiary alicyclic amines) is 1. The molecule has 120 valence electrons. The lowest BCUT2D eigenvalue weighted by molar-refractivity contribution is 0.0754. The van der Waals surface area contributed by atoms with Gasteiger partial charge < -0.3 is 9.80 Å². The smallest absolute Gasteiger partial charge is 0.274 e. The van der Waals surface area contributed by atoms with Gasteiger partial charge in [0.2, 0.25) is 5.95 Å². The normalized spacial score (nSPS) is 22.7. The van der Waals surface area contributed by atoms with Gasteiger partial charge in [0.1, 0.15) is 0 Å². The zero-order valence-corrected chi connectivity index (χ0v) is 13.8. The lowest BCUT2D eigenvalue weighted by Crippen LogP contribution is -2.33. The fourth-order valence-corrected chi connectivity index (χ4v) is 3.37. The largest absolute Gasteiger partial charge is 0.341 e. The molecule has 3 heterocycles. The lowest BCUT2D eigenvalue weighted by atomic mass is 10.0. The van der Waals surface area contributed by atoms with Crippen molar-refractivity contribution in [2.45, 2.75) is 39.0 Å². The molecule has 1 aromatic heterocycles. The first-order valence-electron chi connectivity index (χ1n) is 8.22. The van der Waals surface area contributed by atoms with Gasteiger partial charge in [0.05, 0.1) is 11.2 Å². The highest BCUT2D eigenvalue weighted by Crippen LogP contribution is 2.23. The maximum absolute atomic E-state index is 12.8. The quantitative estimate of drug-likeness (QED) is 0.840. The predicted molar refractivity (Wildman–Crippen MR) is 87.4 cm³/mol. The Kier molecular flexibility index (Phi) is 4.81. The van der Waals surface area contributed by atoms with Crippen LogP contribution >= 0.6 is 11.6 Å². The maximum Gasteiger partial charge on any atom is 0.274 e. The topological polar surface area (TPSA) is 49.3 Å². The van der Waals surface area contributed by atoms with Gasteiger partial charge in [-0.1, -0.05) is 18.5 Å². The summed E-state index contributed by atoms with van der Waals surface area (Å²) in [5.41, 5.74) is 0.355. The molecule has 0 spiro atoms. The van der Waals surface area contributed by atoms with Crippen molar-refractivity contribution in [2.24, 2.45) is 5.92 Å². The van der Waals surface area contributed by atoms with E-state index in [-0.39, 0.29) is 5.91 Å². The summed E-state index contributed by atoms with van der Waals surface area (Å²) in [6.45, 7) is 5.74. The second-order valence-corrected chi connectivity index (χ2v) is 6.80. The number of aromatic nitrogens is 2. The summed E-state index contributed by atoms with van der Waals surface area (Å²) < 4.78 is 0. The standard InChI is InChI=1S/C16H23ClN4O/c1-12-5-4-9-20(10-6-12)15(22)14-13(17)11-18-16(19-14)21-7-2-3-8-21/h11-12H,2-10H2,1H3/t12-/m0/s1. The van der Waals surface area contributed by atoms with Crippen LogP contribution in [0.5, 0.6) is 0 Å². The number of rotatable bonds is 2. The van der Waals surface area contributed by atoms with Gasteiger partial charge in [0.15, 0.2) is 5.69 Å². The first-order valence-corrected chi connectivity index (χ1v) is 8.59. The maximum atomic E-state index is 12.8. The Balaban J connectivity index is 1.80. The summed E-state index contributed by atoms with van der Waals surface area (Å²) in [6, 6.07) is 0. The minimum Gasteiger partial charge on any atom is -0.341 e. The Morgan fingerprint density at radius 1 is 1.18 bits per heavy atom. The van der Waals surface area contributed by atoms with Crippen molar-refractivity contribution in [1.29, 1.82) is 0 Å². The van der Waals surface area contributed by atoms with Crippen LogP contribution in [0.1, 0.15) is 49.5 Å². The number of carbonyl (C=O) groups excluding carboxylic acids is 1. The lowest BCUT2D eigenvalue weighted by Gasteiger charge is -2.21. The van der Waals surface area contributed by atoms with E-state index in [1.54, 1.807) is 6.20 Å². The van der Waals surface area contributed by atoms with Gasteiger partial charge in [-0.15, -0.1) is 0 Å². The van der Waals surface area contributed by atoms with Gasteiger partial charge in [-0.3, -0.25) is 4.79 Å². The number of carbonyl (C=O) groups is 1. The zero-order chi connectivity index (χ0) is 15.5. The summed E-state index contributed by atoms with van der Waals surface area (Å²) in [4.78, 5) is 25.6. The highest BCUT2D eigenvalue weighted by molar-refractivity contribution is 6.33. The summed E-state index contributed by atoms with van der Waals surface area (Å²) in [5.74, 6) is 1.26. The van der Waals surface area contributed by atoms with Crippen molar-refractivity contribution in [2.75, 3.05) is 31.1 Å². The second-order valence-electron chi connectivity index (χ2n) is 6.39. The molecule has 6 heteroatoms. The third-order valence-electron chi connectivity index (χ3n) is 4.63. The van der Waals surface area contributed by atoms with Gasteiger partial charge >= 0.3 is 0 Å². The number of halogens is 1. The predicted octanol–water partition coefficient (Wildman–Crippen LogP) is 2.99. The molecule has 0 unspecified atom stereocenters. The second kappa shape index (κ2) is 6.82. The summed E-state index contributed by atoms with van der Waals surface area (Å²) >= 11 is 6.20.